The molecule has 1 fully saturated rings. The van der Waals surface area contributed by atoms with Crippen molar-refractivity contribution in [3.63, 3.8) is 0 Å². The molecule has 1 aliphatic rings. The highest BCUT2D eigenvalue weighted by Crippen LogP contribution is 2.07. The van der Waals surface area contributed by atoms with Crippen molar-refractivity contribution in [3.8, 4) is 0 Å². The lowest BCUT2D eigenvalue weighted by Gasteiger charge is -2.17. The minimum atomic E-state index is 0.163. The standard InChI is InChI=1S/C8H17N3O/c1-6(9)3-4-11-8(12)5-7(2)10-11/h6-7,10H,3-5,9H2,1-2H3. The molecule has 1 amide bonds. The van der Waals surface area contributed by atoms with Gasteiger partial charge in [-0.15, -0.1) is 0 Å². The van der Waals surface area contributed by atoms with Crippen LogP contribution in [0.5, 0.6) is 0 Å². The minimum Gasteiger partial charge on any atom is -0.328 e. The molecule has 3 N–H and O–H groups in total. The van der Waals surface area contributed by atoms with Gasteiger partial charge < -0.3 is 5.73 Å². The van der Waals surface area contributed by atoms with Crippen LogP contribution in [0.4, 0.5) is 0 Å². The first kappa shape index (κ1) is 9.48. The van der Waals surface area contributed by atoms with Crippen LogP contribution in [0, 0.1) is 0 Å². The molecule has 1 saturated heterocycles. The Morgan fingerprint density at radius 1 is 1.83 bits per heavy atom. The predicted molar refractivity (Wildman–Crippen MR) is 47.2 cm³/mol. The topological polar surface area (TPSA) is 58.4 Å². The van der Waals surface area contributed by atoms with Crippen molar-refractivity contribution < 1.29 is 4.79 Å². The van der Waals surface area contributed by atoms with E-state index in [1.165, 1.54) is 0 Å². The lowest BCUT2D eigenvalue weighted by Crippen LogP contribution is -2.39. The number of carbonyl (C=O) groups is 1. The van der Waals surface area contributed by atoms with Crippen LogP contribution >= 0.6 is 0 Å². The number of nitrogens with one attached hydrogen (secondary N) is 1. The molecule has 0 saturated carbocycles. The molecule has 1 aliphatic heterocycles. The van der Waals surface area contributed by atoms with Gasteiger partial charge in [-0.1, -0.05) is 0 Å². The molecule has 0 radical (unpaired) electrons. The van der Waals surface area contributed by atoms with E-state index in [0.717, 1.165) is 13.0 Å². The maximum Gasteiger partial charge on any atom is 0.238 e. The Labute approximate surface area is 73.1 Å². The van der Waals surface area contributed by atoms with Crippen LogP contribution in [0.3, 0.4) is 0 Å². The molecule has 0 aromatic heterocycles. The molecule has 2 atom stereocenters. The van der Waals surface area contributed by atoms with E-state index in [1.54, 1.807) is 5.01 Å². The van der Waals surface area contributed by atoms with E-state index in [4.69, 9.17) is 5.73 Å². The molecule has 70 valence electrons. The molecular weight excluding hydrogens is 154 g/mol. The zero-order valence-electron chi connectivity index (χ0n) is 7.71. The number of amides is 1. The highest BCUT2D eigenvalue weighted by atomic mass is 16.2. The Kier molecular flexibility index (Phi) is 3.05. The summed E-state index contributed by atoms with van der Waals surface area (Å²) in [6.07, 6.45) is 1.46. The van der Waals surface area contributed by atoms with E-state index in [2.05, 4.69) is 5.43 Å². The third kappa shape index (κ3) is 2.46. The van der Waals surface area contributed by atoms with Crippen LogP contribution < -0.4 is 11.2 Å². The van der Waals surface area contributed by atoms with Gasteiger partial charge in [0.05, 0.1) is 0 Å². The van der Waals surface area contributed by atoms with Crippen molar-refractivity contribution in [1.82, 2.24) is 10.4 Å². The van der Waals surface area contributed by atoms with Crippen molar-refractivity contribution in [3.05, 3.63) is 0 Å². The number of hydrazine groups is 1. The van der Waals surface area contributed by atoms with E-state index in [9.17, 15) is 4.79 Å². The Morgan fingerprint density at radius 2 is 2.50 bits per heavy atom. The summed E-state index contributed by atoms with van der Waals surface area (Å²) in [6, 6.07) is 0.445. The van der Waals surface area contributed by atoms with Crippen LogP contribution in [0.25, 0.3) is 0 Å². The third-order valence-corrected chi connectivity index (χ3v) is 1.97. The summed E-state index contributed by atoms with van der Waals surface area (Å²) in [5.41, 5.74) is 8.67. The van der Waals surface area contributed by atoms with Gasteiger partial charge >= 0.3 is 0 Å². The van der Waals surface area contributed by atoms with Gasteiger partial charge in [-0.3, -0.25) is 9.80 Å². The summed E-state index contributed by atoms with van der Waals surface area (Å²) < 4.78 is 0. The Bertz CT molecular complexity index is 170. The molecule has 2 unspecified atom stereocenters. The number of carbonyl (C=O) groups excluding carboxylic acids is 1. The summed E-state index contributed by atoms with van der Waals surface area (Å²) >= 11 is 0. The monoisotopic (exact) mass is 171 g/mol. The molecule has 0 bridgehead atoms. The number of hydrogen-bond donors (Lipinski definition) is 2. The number of rotatable bonds is 3. The third-order valence-electron chi connectivity index (χ3n) is 1.97. The van der Waals surface area contributed by atoms with Crippen molar-refractivity contribution in [2.24, 2.45) is 5.73 Å². The molecule has 0 spiro atoms. The van der Waals surface area contributed by atoms with Crippen molar-refractivity contribution in [2.45, 2.75) is 38.8 Å². The number of nitrogens with zero attached hydrogens (tertiary/aromatic N) is 1. The largest absolute Gasteiger partial charge is 0.328 e. The van der Waals surface area contributed by atoms with Crippen LogP contribution in [0.2, 0.25) is 0 Å². The summed E-state index contributed by atoms with van der Waals surface area (Å²) in [5.74, 6) is 0.183. The first-order valence-corrected chi connectivity index (χ1v) is 4.41. The molecule has 1 heterocycles. The second-order valence-electron chi connectivity index (χ2n) is 3.55. The zero-order chi connectivity index (χ0) is 9.14. The fraction of sp³-hybridized carbons (Fsp3) is 0.875. The van der Waals surface area contributed by atoms with Crippen LogP contribution in [-0.4, -0.2) is 29.5 Å². The van der Waals surface area contributed by atoms with E-state index in [-0.39, 0.29) is 18.0 Å². The fourth-order valence-corrected chi connectivity index (χ4v) is 1.28. The van der Waals surface area contributed by atoms with Gasteiger partial charge in [0, 0.05) is 25.0 Å². The highest BCUT2D eigenvalue weighted by molar-refractivity contribution is 5.78. The molecule has 1 rings (SSSR count). The van der Waals surface area contributed by atoms with E-state index >= 15 is 0 Å². The van der Waals surface area contributed by atoms with Gasteiger partial charge in [-0.2, -0.15) is 0 Å². The summed E-state index contributed by atoms with van der Waals surface area (Å²) in [4.78, 5) is 11.2. The normalized spacial score (nSPS) is 26.4. The van der Waals surface area contributed by atoms with Gasteiger partial charge in [0.2, 0.25) is 5.91 Å². The molecule has 4 heteroatoms. The molecule has 0 aromatic rings. The SMILES string of the molecule is CC(N)CCN1NC(C)CC1=O. The molecule has 0 aromatic carbocycles. The van der Waals surface area contributed by atoms with Gasteiger partial charge in [-0.25, -0.2) is 5.43 Å². The van der Waals surface area contributed by atoms with Gasteiger partial charge in [-0.05, 0) is 20.3 Å². The second kappa shape index (κ2) is 3.87. The Hall–Kier alpha value is -0.610. The number of nitrogens with two attached hydrogens (primary N) is 1. The summed E-state index contributed by atoms with van der Waals surface area (Å²) in [5, 5.41) is 1.67. The molecule has 0 aliphatic carbocycles. The maximum atomic E-state index is 11.2. The average Bonchev–Trinajstić information content (AvgIpc) is 2.26. The van der Waals surface area contributed by atoms with Crippen molar-refractivity contribution >= 4 is 5.91 Å². The predicted octanol–water partition coefficient (Wildman–Crippen LogP) is -0.151. The van der Waals surface area contributed by atoms with E-state index in [1.807, 2.05) is 13.8 Å². The van der Waals surface area contributed by atoms with Crippen molar-refractivity contribution in [1.29, 1.82) is 0 Å². The minimum absolute atomic E-state index is 0.163. The molecule has 4 nitrogen and oxygen atoms in total. The first-order chi connectivity index (χ1) is 5.59. The average molecular weight is 171 g/mol. The zero-order valence-corrected chi connectivity index (χ0v) is 7.71. The quantitative estimate of drug-likeness (QED) is 0.621. The van der Waals surface area contributed by atoms with Crippen LogP contribution in [0.1, 0.15) is 26.7 Å². The highest BCUT2D eigenvalue weighted by Gasteiger charge is 2.25. The van der Waals surface area contributed by atoms with Crippen LogP contribution in [-0.2, 0) is 4.79 Å². The summed E-state index contributed by atoms with van der Waals surface area (Å²) in [7, 11) is 0. The maximum absolute atomic E-state index is 11.2. The Balaban J connectivity index is 2.28. The first-order valence-electron chi connectivity index (χ1n) is 4.41. The smallest absolute Gasteiger partial charge is 0.238 e. The van der Waals surface area contributed by atoms with E-state index < -0.39 is 0 Å². The van der Waals surface area contributed by atoms with Crippen LogP contribution in [0.15, 0.2) is 0 Å². The summed E-state index contributed by atoms with van der Waals surface area (Å²) in [6.45, 7) is 4.68. The molecule has 12 heavy (non-hydrogen) atoms. The Morgan fingerprint density at radius 3 is 2.92 bits per heavy atom. The second-order valence-corrected chi connectivity index (χ2v) is 3.55. The number of hydrogen-bond acceptors (Lipinski definition) is 3. The van der Waals surface area contributed by atoms with Crippen molar-refractivity contribution in [2.75, 3.05) is 6.54 Å². The molecular formula is C8H17N3O. The lowest BCUT2D eigenvalue weighted by atomic mass is 10.2. The van der Waals surface area contributed by atoms with E-state index in [0.29, 0.717) is 6.42 Å². The van der Waals surface area contributed by atoms with Gasteiger partial charge in [0.15, 0.2) is 0 Å². The lowest BCUT2D eigenvalue weighted by molar-refractivity contribution is -0.129. The van der Waals surface area contributed by atoms with Gasteiger partial charge in [0.1, 0.15) is 0 Å². The van der Waals surface area contributed by atoms with Gasteiger partial charge in [0.25, 0.3) is 0 Å². The fourth-order valence-electron chi connectivity index (χ4n) is 1.28.